The summed E-state index contributed by atoms with van der Waals surface area (Å²) in [4.78, 5) is 14.4. The van der Waals surface area contributed by atoms with Crippen molar-refractivity contribution in [3.05, 3.63) is 35.9 Å². The quantitative estimate of drug-likeness (QED) is 0.731. The molecule has 3 atom stereocenters. The minimum absolute atomic E-state index is 0. The number of carbonyl (C=O) groups excluding carboxylic acids is 1. The average Bonchev–Trinajstić information content (AvgIpc) is 2.52. The topological polar surface area (TPSA) is 46.3 Å². The Morgan fingerprint density at radius 1 is 1.27 bits per heavy atom. The van der Waals surface area contributed by atoms with Crippen LogP contribution in [-0.4, -0.2) is 35.4 Å². The molecule has 0 bridgehead atoms. The van der Waals surface area contributed by atoms with Gasteiger partial charge in [-0.2, -0.15) is 11.8 Å². The van der Waals surface area contributed by atoms with Gasteiger partial charge in [-0.3, -0.25) is 4.79 Å². The van der Waals surface area contributed by atoms with Gasteiger partial charge in [0, 0.05) is 19.1 Å². The third-order valence-electron chi connectivity index (χ3n) is 4.01. The molecule has 126 valence electrons. The third-order valence-corrected chi connectivity index (χ3v) is 4.94. The highest BCUT2D eigenvalue weighted by atomic mass is 35.5. The summed E-state index contributed by atoms with van der Waals surface area (Å²) < 4.78 is 0. The number of hydrogen-bond acceptors (Lipinski definition) is 3. The molecule has 0 radical (unpaired) electrons. The molecule has 0 aliphatic carbocycles. The summed E-state index contributed by atoms with van der Waals surface area (Å²) in [6, 6.07) is 9.84. The van der Waals surface area contributed by atoms with E-state index in [1.54, 1.807) is 0 Å². The van der Waals surface area contributed by atoms with Crippen molar-refractivity contribution in [2.75, 3.05) is 18.6 Å². The van der Waals surface area contributed by atoms with Crippen molar-refractivity contribution in [2.24, 2.45) is 11.7 Å². The van der Waals surface area contributed by atoms with E-state index in [0.29, 0.717) is 0 Å². The molecule has 0 heterocycles. The largest absolute Gasteiger partial charge is 0.343 e. The minimum Gasteiger partial charge on any atom is -0.343 e. The first kappa shape index (κ1) is 21.3. The molecule has 0 aromatic heterocycles. The van der Waals surface area contributed by atoms with E-state index >= 15 is 0 Å². The molecule has 5 heteroatoms. The van der Waals surface area contributed by atoms with Crippen molar-refractivity contribution < 1.29 is 4.79 Å². The molecule has 0 fully saturated rings. The molecule has 1 aromatic carbocycles. The number of amides is 1. The number of nitrogens with two attached hydrogens (primary N) is 1. The van der Waals surface area contributed by atoms with Crippen LogP contribution in [0.15, 0.2) is 30.3 Å². The Labute approximate surface area is 145 Å². The van der Waals surface area contributed by atoms with E-state index in [1.807, 2.05) is 61.0 Å². The highest BCUT2D eigenvalue weighted by Crippen LogP contribution is 2.22. The lowest BCUT2D eigenvalue weighted by atomic mass is 9.94. The van der Waals surface area contributed by atoms with E-state index in [1.165, 1.54) is 0 Å². The molecular formula is C17H29ClN2OS. The normalized spacial score (nSPS) is 14.6. The summed E-state index contributed by atoms with van der Waals surface area (Å²) in [6.07, 6.45) is 1.02. The number of halogens is 1. The van der Waals surface area contributed by atoms with Crippen LogP contribution in [0.4, 0.5) is 0 Å². The van der Waals surface area contributed by atoms with Crippen molar-refractivity contribution in [3.8, 4) is 0 Å². The lowest BCUT2D eigenvalue weighted by molar-refractivity contribution is -0.136. The van der Waals surface area contributed by atoms with Gasteiger partial charge in [0.15, 0.2) is 0 Å². The van der Waals surface area contributed by atoms with Crippen LogP contribution in [0.1, 0.15) is 38.8 Å². The zero-order valence-electron chi connectivity index (χ0n) is 14.0. The summed E-state index contributed by atoms with van der Waals surface area (Å²) in [5.41, 5.74) is 7.26. The third kappa shape index (κ3) is 6.19. The summed E-state index contributed by atoms with van der Waals surface area (Å²) >= 11 is 1.91. The van der Waals surface area contributed by atoms with Crippen LogP contribution < -0.4 is 5.73 Å². The van der Waals surface area contributed by atoms with Crippen LogP contribution in [0.3, 0.4) is 0 Å². The van der Waals surface area contributed by atoms with Gasteiger partial charge in [-0.05, 0) is 30.4 Å². The van der Waals surface area contributed by atoms with Gasteiger partial charge < -0.3 is 10.6 Å². The zero-order chi connectivity index (χ0) is 15.8. The summed E-state index contributed by atoms with van der Waals surface area (Å²) in [6.45, 7) is 6.18. The number of benzene rings is 1. The standard InChI is InChI=1S/C17H28N2OS.ClH/c1-5-21-12-11-13(2)19(4)17(20)14(3)16(18)15-9-7-6-8-10-15;/h6-10,13-14,16H,5,11-12,18H2,1-4H3;1H. The minimum atomic E-state index is -0.252. The monoisotopic (exact) mass is 344 g/mol. The number of carbonyl (C=O) groups is 1. The Balaban J connectivity index is 0.00000441. The van der Waals surface area contributed by atoms with Crippen LogP contribution in [0.25, 0.3) is 0 Å². The zero-order valence-corrected chi connectivity index (χ0v) is 15.6. The second-order valence-electron chi connectivity index (χ2n) is 5.51. The van der Waals surface area contributed by atoms with Crippen LogP contribution in [0, 0.1) is 5.92 Å². The van der Waals surface area contributed by atoms with E-state index in [0.717, 1.165) is 23.5 Å². The molecule has 0 spiro atoms. The van der Waals surface area contributed by atoms with Crippen molar-refractivity contribution in [1.29, 1.82) is 0 Å². The van der Waals surface area contributed by atoms with E-state index in [9.17, 15) is 4.79 Å². The lowest BCUT2D eigenvalue weighted by Crippen LogP contribution is -2.41. The highest BCUT2D eigenvalue weighted by molar-refractivity contribution is 7.99. The van der Waals surface area contributed by atoms with Gasteiger partial charge in [-0.15, -0.1) is 12.4 Å². The van der Waals surface area contributed by atoms with Crippen LogP contribution in [-0.2, 0) is 4.79 Å². The van der Waals surface area contributed by atoms with Gasteiger partial charge >= 0.3 is 0 Å². The molecule has 0 aliphatic rings. The molecule has 2 N–H and O–H groups in total. The van der Waals surface area contributed by atoms with Gasteiger partial charge in [-0.1, -0.05) is 44.2 Å². The SMILES string of the molecule is CCSCCC(C)N(C)C(=O)C(C)C(N)c1ccccc1.Cl. The molecule has 1 amide bonds. The number of thioether (sulfide) groups is 1. The summed E-state index contributed by atoms with van der Waals surface area (Å²) in [5.74, 6) is 2.13. The van der Waals surface area contributed by atoms with E-state index in [2.05, 4.69) is 13.8 Å². The van der Waals surface area contributed by atoms with Crippen molar-refractivity contribution in [3.63, 3.8) is 0 Å². The lowest BCUT2D eigenvalue weighted by Gasteiger charge is -2.30. The molecule has 22 heavy (non-hydrogen) atoms. The Bertz CT molecular complexity index is 430. The Morgan fingerprint density at radius 2 is 1.86 bits per heavy atom. The first-order chi connectivity index (χ1) is 9.99. The molecule has 1 aromatic rings. The fraction of sp³-hybridized carbons (Fsp3) is 0.588. The van der Waals surface area contributed by atoms with Gasteiger partial charge in [0.05, 0.1) is 5.92 Å². The first-order valence-electron chi connectivity index (χ1n) is 7.64. The predicted octanol–water partition coefficient (Wildman–Crippen LogP) is 3.73. The van der Waals surface area contributed by atoms with Crippen molar-refractivity contribution in [1.82, 2.24) is 4.90 Å². The Kier molecular flexibility index (Phi) is 10.6. The maximum Gasteiger partial charge on any atom is 0.227 e. The van der Waals surface area contributed by atoms with Crippen molar-refractivity contribution >= 4 is 30.1 Å². The molecule has 0 saturated heterocycles. The van der Waals surface area contributed by atoms with Gasteiger partial charge in [0.2, 0.25) is 5.91 Å². The first-order valence-corrected chi connectivity index (χ1v) is 8.79. The second-order valence-corrected chi connectivity index (χ2v) is 6.90. The molecule has 3 nitrogen and oxygen atoms in total. The molecule has 3 unspecified atom stereocenters. The number of nitrogens with zero attached hydrogens (tertiary/aromatic N) is 1. The summed E-state index contributed by atoms with van der Waals surface area (Å²) in [5, 5.41) is 0. The fourth-order valence-corrected chi connectivity index (χ4v) is 3.04. The number of rotatable bonds is 8. The van der Waals surface area contributed by atoms with Gasteiger partial charge in [0.1, 0.15) is 0 Å². The second kappa shape index (κ2) is 10.9. The Morgan fingerprint density at radius 3 is 2.41 bits per heavy atom. The maximum atomic E-state index is 12.6. The maximum absolute atomic E-state index is 12.6. The average molecular weight is 345 g/mol. The highest BCUT2D eigenvalue weighted by Gasteiger charge is 2.26. The molecule has 1 rings (SSSR count). The van der Waals surface area contributed by atoms with Crippen LogP contribution in [0.2, 0.25) is 0 Å². The van der Waals surface area contributed by atoms with Gasteiger partial charge in [-0.25, -0.2) is 0 Å². The Hall–Kier alpha value is -0.710. The predicted molar refractivity (Wildman–Crippen MR) is 99.6 cm³/mol. The summed E-state index contributed by atoms with van der Waals surface area (Å²) in [7, 11) is 1.89. The van der Waals surface area contributed by atoms with Gasteiger partial charge in [0.25, 0.3) is 0 Å². The van der Waals surface area contributed by atoms with Crippen molar-refractivity contribution in [2.45, 2.75) is 39.3 Å². The molecule has 0 aliphatic heterocycles. The van der Waals surface area contributed by atoms with E-state index < -0.39 is 0 Å². The molecule has 0 saturated carbocycles. The van der Waals surface area contributed by atoms with E-state index in [-0.39, 0.29) is 36.3 Å². The van der Waals surface area contributed by atoms with Crippen LogP contribution in [0.5, 0.6) is 0 Å². The van der Waals surface area contributed by atoms with Crippen LogP contribution >= 0.6 is 24.2 Å². The fourth-order valence-electron chi connectivity index (χ4n) is 2.25. The molecular weight excluding hydrogens is 316 g/mol. The number of hydrogen-bond donors (Lipinski definition) is 1. The van der Waals surface area contributed by atoms with E-state index in [4.69, 9.17) is 5.73 Å². The smallest absolute Gasteiger partial charge is 0.227 e.